The van der Waals surface area contributed by atoms with Crippen molar-refractivity contribution in [1.29, 1.82) is 0 Å². The van der Waals surface area contributed by atoms with Crippen molar-refractivity contribution in [2.24, 2.45) is 0 Å². The molecule has 30 heavy (non-hydrogen) atoms. The zero-order valence-corrected chi connectivity index (χ0v) is 19.0. The maximum Gasteiger partial charge on any atom is 0.254 e. The second kappa shape index (κ2) is 8.00. The van der Waals surface area contributed by atoms with Gasteiger partial charge in [0.05, 0.1) is 20.4 Å². The van der Waals surface area contributed by atoms with Crippen molar-refractivity contribution in [2.75, 3.05) is 31.1 Å². The van der Waals surface area contributed by atoms with E-state index in [1.165, 1.54) is 16.3 Å². The van der Waals surface area contributed by atoms with E-state index in [0.717, 1.165) is 10.6 Å². The van der Waals surface area contributed by atoms with Gasteiger partial charge in [-0.2, -0.15) is 0 Å². The fourth-order valence-corrected chi connectivity index (χ4v) is 5.77. The molecule has 1 saturated heterocycles. The van der Waals surface area contributed by atoms with Gasteiger partial charge in [-0.15, -0.1) is 0 Å². The molecule has 0 atom stereocenters. The minimum atomic E-state index is -3.41. The Kier molecular flexibility index (Phi) is 5.55. The molecular weight excluding hydrogens is 418 g/mol. The summed E-state index contributed by atoms with van der Waals surface area (Å²) in [6.07, 6.45) is 0. The molecule has 1 amide bonds. The highest BCUT2D eigenvalue weighted by Gasteiger charge is 2.26. The molecule has 0 bridgehead atoms. The SMILES string of the molecule is Cc1cccc2sc(N3CCN(C(=O)c4cccc(S(=O)(=O)C(C)C)c4)CC3)nc12. The summed E-state index contributed by atoms with van der Waals surface area (Å²) >= 11 is 1.68. The van der Waals surface area contributed by atoms with Crippen LogP contribution in [0.15, 0.2) is 47.4 Å². The fraction of sp³-hybridized carbons (Fsp3) is 0.364. The summed E-state index contributed by atoms with van der Waals surface area (Å²) in [4.78, 5) is 22.0. The predicted molar refractivity (Wildman–Crippen MR) is 121 cm³/mol. The standard InChI is InChI=1S/C22H25N3O3S2/c1-15(2)30(27,28)18-8-5-7-17(14-18)21(26)24-10-12-25(13-11-24)22-23-20-16(3)6-4-9-19(20)29-22/h4-9,14-15H,10-13H2,1-3H3. The summed E-state index contributed by atoms with van der Waals surface area (Å²) in [5.41, 5.74) is 2.63. The lowest BCUT2D eigenvalue weighted by atomic mass is 10.2. The van der Waals surface area contributed by atoms with E-state index in [1.807, 2.05) is 6.07 Å². The first-order valence-electron chi connectivity index (χ1n) is 10.0. The number of fused-ring (bicyclic) bond motifs is 1. The van der Waals surface area contributed by atoms with E-state index in [9.17, 15) is 13.2 Å². The topological polar surface area (TPSA) is 70.6 Å². The summed E-state index contributed by atoms with van der Waals surface area (Å²) < 4.78 is 26.1. The monoisotopic (exact) mass is 443 g/mol. The normalized spacial score (nSPS) is 15.2. The van der Waals surface area contributed by atoms with E-state index in [-0.39, 0.29) is 10.8 Å². The number of rotatable bonds is 4. The molecule has 0 radical (unpaired) electrons. The number of aromatic nitrogens is 1. The van der Waals surface area contributed by atoms with E-state index in [1.54, 1.807) is 48.3 Å². The van der Waals surface area contributed by atoms with Crippen LogP contribution in [0, 0.1) is 6.92 Å². The highest BCUT2D eigenvalue weighted by molar-refractivity contribution is 7.92. The van der Waals surface area contributed by atoms with Crippen LogP contribution in [0.3, 0.4) is 0 Å². The molecule has 1 aliphatic rings. The van der Waals surface area contributed by atoms with Gasteiger partial charge in [-0.1, -0.05) is 29.5 Å². The first-order valence-corrected chi connectivity index (χ1v) is 12.4. The number of thiazole rings is 1. The molecule has 4 rings (SSSR count). The van der Waals surface area contributed by atoms with E-state index in [0.29, 0.717) is 31.7 Å². The number of nitrogens with zero attached hydrogens (tertiary/aromatic N) is 3. The second-order valence-corrected chi connectivity index (χ2v) is 11.3. The van der Waals surface area contributed by atoms with Crippen molar-refractivity contribution < 1.29 is 13.2 Å². The van der Waals surface area contributed by atoms with Crippen LogP contribution in [-0.2, 0) is 9.84 Å². The Morgan fingerprint density at radius 2 is 1.77 bits per heavy atom. The summed E-state index contributed by atoms with van der Waals surface area (Å²) in [5, 5.41) is 0.459. The highest BCUT2D eigenvalue weighted by Crippen LogP contribution is 2.31. The van der Waals surface area contributed by atoms with Gasteiger partial charge in [0.2, 0.25) is 0 Å². The minimum absolute atomic E-state index is 0.129. The molecule has 2 heterocycles. The first-order chi connectivity index (χ1) is 14.3. The van der Waals surface area contributed by atoms with Gasteiger partial charge in [0.15, 0.2) is 15.0 Å². The molecule has 0 saturated carbocycles. The lowest BCUT2D eigenvalue weighted by Crippen LogP contribution is -2.48. The number of benzene rings is 2. The Morgan fingerprint density at radius 1 is 1.07 bits per heavy atom. The van der Waals surface area contributed by atoms with Gasteiger partial charge in [-0.3, -0.25) is 4.79 Å². The molecule has 0 spiro atoms. The fourth-order valence-electron chi connectivity index (χ4n) is 3.57. The zero-order chi connectivity index (χ0) is 21.5. The third-order valence-corrected chi connectivity index (χ3v) is 8.71. The van der Waals surface area contributed by atoms with E-state index in [2.05, 4.69) is 24.0 Å². The van der Waals surface area contributed by atoms with Gasteiger partial charge in [-0.05, 0) is 50.6 Å². The average molecular weight is 444 g/mol. The Labute approximate surface area is 181 Å². The molecule has 1 fully saturated rings. The van der Waals surface area contributed by atoms with Crippen LogP contribution in [0.2, 0.25) is 0 Å². The van der Waals surface area contributed by atoms with Crippen LogP contribution in [0.5, 0.6) is 0 Å². The highest BCUT2D eigenvalue weighted by atomic mass is 32.2. The Balaban J connectivity index is 1.47. The van der Waals surface area contributed by atoms with Crippen molar-refractivity contribution in [3.05, 3.63) is 53.6 Å². The van der Waals surface area contributed by atoms with Crippen molar-refractivity contribution in [2.45, 2.75) is 30.9 Å². The smallest absolute Gasteiger partial charge is 0.254 e. The van der Waals surface area contributed by atoms with Gasteiger partial charge < -0.3 is 9.80 Å². The van der Waals surface area contributed by atoms with Gasteiger partial charge in [0, 0.05) is 31.7 Å². The van der Waals surface area contributed by atoms with Gasteiger partial charge in [0.25, 0.3) is 5.91 Å². The summed E-state index contributed by atoms with van der Waals surface area (Å²) in [6, 6.07) is 12.6. The van der Waals surface area contributed by atoms with Crippen molar-refractivity contribution in [3.63, 3.8) is 0 Å². The lowest BCUT2D eigenvalue weighted by Gasteiger charge is -2.34. The maximum absolute atomic E-state index is 13.0. The lowest BCUT2D eigenvalue weighted by molar-refractivity contribution is 0.0746. The molecule has 2 aromatic carbocycles. The summed E-state index contributed by atoms with van der Waals surface area (Å²) in [7, 11) is -3.41. The molecule has 158 valence electrons. The third kappa shape index (κ3) is 3.81. The van der Waals surface area contributed by atoms with Crippen LogP contribution >= 0.6 is 11.3 Å². The van der Waals surface area contributed by atoms with Crippen molar-refractivity contribution >= 4 is 42.4 Å². The molecular formula is C22H25N3O3S2. The summed E-state index contributed by atoms with van der Waals surface area (Å²) in [5.74, 6) is -0.129. The number of piperazine rings is 1. The van der Waals surface area contributed by atoms with Gasteiger partial charge in [0.1, 0.15) is 0 Å². The Bertz CT molecular complexity index is 1190. The van der Waals surface area contributed by atoms with Crippen LogP contribution in [0.1, 0.15) is 29.8 Å². The molecule has 0 N–H and O–H groups in total. The van der Waals surface area contributed by atoms with Crippen LogP contribution in [0.25, 0.3) is 10.2 Å². The number of sulfone groups is 1. The summed E-state index contributed by atoms with van der Waals surface area (Å²) in [6.45, 7) is 7.92. The van der Waals surface area contributed by atoms with Crippen molar-refractivity contribution in [1.82, 2.24) is 9.88 Å². The van der Waals surface area contributed by atoms with E-state index < -0.39 is 15.1 Å². The van der Waals surface area contributed by atoms with Crippen LogP contribution < -0.4 is 4.90 Å². The van der Waals surface area contributed by atoms with Crippen LogP contribution in [-0.4, -0.2) is 55.6 Å². The van der Waals surface area contributed by atoms with Crippen molar-refractivity contribution in [3.8, 4) is 0 Å². The van der Waals surface area contributed by atoms with Gasteiger partial charge >= 0.3 is 0 Å². The van der Waals surface area contributed by atoms with E-state index >= 15 is 0 Å². The predicted octanol–water partition coefficient (Wildman–Crippen LogP) is 3.75. The van der Waals surface area contributed by atoms with Crippen LogP contribution in [0.4, 0.5) is 5.13 Å². The molecule has 0 unspecified atom stereocenters. The van der Waals surface area contributed by atoms with Gasteiger partial charge in [-0.25, -0.2) is 13.4 Å². The Morgan fingerprint density at radius 3 is 2.43 bits per heavy atom. The maximum atomic E-state index is 13.0. The number of carbonyl (C=O) groups excluding carboxylic acids is 1. The Hall–Kier alpha value is -2.45. The largest absolute Gasteiger partial charge is 0.345 e. The molecule has 6 nitrogen and oxygen atoms in total. The molecule has 3 aromatic rings. The quantitative estimate of drug-likeness (QED) is 0.614. The number of carbonyl (C=O) groups is 1. The molecule has 8 heteroatoms. The second-order valence-electron chi connectivity index (χ2n) is 7.82. The molecule has 1 aromatic heterocycles. The zero-order valence-electron chi connectivity index (χ0n) is 17.3. The average Bonchev–Trinajstić information content (AvgIpc) is 3.19. The number of para-hydroxylation sites is 1. The number of aryl methyl sites for hydroxylation is 1. The minimum Gasteiger partial charge on any atom is -0.345 e. The van der Waals surface area contributed by atoms with E-state index in [4.69, 9.17) is 4.98 Å². The number of anilines is 1. The number of hydrogen-bond donors (Lipinski definition) is 0. The molecule has 1 aliphatic heterocycles. The number of amides is 1. The third-order valence-electron chi connectivity index (χ3n) is 5.48. The number of hydrogen-bond acceptors (Lipinski definition) is 6. The molecule has 0 aliphatic carbocycles. The first kappa shape index (κ1) is 20.8.